The van der Waals surface area contributed by atoms with E-state index in [1.807, 2.05) is 58.7 Å². The maximum Gasteiger partial charge on any atom is 0.521 e. The minimum Gasteiger partial charge on any atom is -0.674 e. The lowest BCUT2D eigenvalue weighted by molar-refractivity contribution is -0.776. The summed E-state index contributed by atoms with van der Waals surface area (Å²) in [5.74, 6) is 1.52. The predicted octanol–water partition coefficient (Wildman–Crippen LogP) is 10.5. The second kappa shape index (κ2) is 36.4. The lowest BCUT2D eigenvalue weighted by Crippen LogP contribution is -2.45. The number of aromatic amines is 3. The summed E-state index contributed by atoms with van der Waals surface area (Å²) < 4.78 is 51.0. The fourth-order valence-corrected chi connectivity index (χ4v) is 12.2. The van der Waals surface area contributed by atoms with Crippen molar-refractivity contribution < 1.29 is 74.9 Å². The third-order valence-electron chi connectivity index (χ3n) is 16.4. The van der Waals surface area contributed by atoms with Crippen LogP contribution in [0.25, 0.3) is 70.4 Å². The molecule has 32 nitrogen and oxygen atoms in total. The van der Waals surface area contributed by atoms with Gasteiger partial charge in [0, 0.05) is 86.3 Å². The number of ether oxygens (including phenoxy) is 4. The summed E-state index contributed by atoms with van der Waals surface area (Å²) in [6.45, 7) is 33.6. The Hall–Kier alpha value is -8.96. The minimum absolute atomic E-state index is 0. The smallest absolute Gasteiger partial charge is 0.521 e. The van der Waals surface area contributed by atoms with Crippen molar-refractivity contribution in [1.82, 2.24) is 64.5 Å². The molecule has 4 N–H and O–H groups in total. The number of methoxy groups -OCH3 is 2. The van der Waals surface area contributed by atoms with E-state index in [4.69, 9.17) is 68.1 Å². The zero-order chi connectivity index (χ0) is 70.2. The van der Waals surface area contributed by atoms with Crippen LogP contribution >= 0.6 is 16.5 Å². The van der Waals surface area contributed by atoms with Crippen molar-refractivity contribution >= 4 is 56.6 Å². The van der Waals surface area contributed by atoms with Crippen molar-refractivity contribution in [2.75, 3.05) is 38.8 Å². The van der Waals surface area contributed by atoms with Crippen LogP contribution in [0.5, 0.6) is 0 Å². The molecule has 0 bridgehead atoms. The Balaban J connectivity index is 0.000000259. The van der Waals surface area contributed by atoms with Crippen molar-refractivity contribution in [3.8, 4) is 33.8 Å². The van der Waals surface area contributed by atoms with Gasteiger partial charge in [-0.15, -0.1) is 4.68 Å². The Kier molecular flexibility index (Phi) is 28.3. The standard InChI is InChI=1S/C29H42N6O6.2C17H18N6.2HO4P.2H2/c1-28(2,3)40-26(36)35(27(37)41-29(4,5)6)25-21(14-23(38-8)39-9)24(31-18-32-25)20-15-33-34(17-20)22(16-30-7)19-12-10-11-13-19;2*1-18-9-15(12-4-2-3-5-12)23-10-13(8-22-23)16-14-6-7-19-17(14)21-11-20-16;2*1-4-5(2)3;;/h15,17-19,22-23H,10-14,16H2,1-6,8-9H3;2*6-8,10-12,15H,2-5,9H2,(H,19,20,21);2*1H;2*1H/t22-;2*15-;;;;/m111..../s1. The summed E-state index contributed by atoms with van der Waals surface area (Å²) in [7, 11) is -3.21. The number of imide groups is 1. The molecule has 3 aliphatic rings. The van der Waals surface area contributed by atoms with E-state index in [-0.39, 0.29) is 33.2 Å². The first-order chi connectivity index (χ1) is 46.5. The molecule has 0 spiro atoms. The maximum absolute atomic E-state index is 13.5. The fourth-order valence-electron chi connectivity index (χ4n) is 12.2. The van der Waals surface area contributed by atoms with Gasteiger partial charge < -0.3 is 58.5 Å². The number of rotatable bonds is 19. The molecule has 8 heterocycles. The number of H-pyrrole nitrogens is 3. The Morgan fingerprint density at radius 1 is 0.680 bits per heavy atom. The molecule has 97 heavy (non-hydrogen) atoms. The molecule has 0 aromatic carbocycles. The van der Waals surface area contributed by atoms with Crippen LogP contribution in [0.2, 0.25) is 0 Å². The van der Waals surface area contributed by atoms with Gasteiger partial charge >= 0.3 is 28.7 Å². The third-order valence-corrected chi connectivity index (χ3v) is 16.6. The highest BCUT2D eigenvalue weighted by atomic mass is 31.1. The van der Waals surface area contributed by atoms with Crippen LogP contribution in [0.15, 0.2) is 80.7 Å². The summed E-state index contributed by atoms with van der Waals surface area (Å²) in [5, 5.41) is 30.1. The molecule has 8 aromatic rings. The van der Waals surface area contributed by atoms with Crippen LogP contribution in [0.1, 0.15) is 145 Å². The van der Waals surface area contributed by atoms with Crippen LogP contribution < -0.4 is 24.6 Å². The molecular formula is C63H84N18O14P2. The number of amides is 2. The van der Waals surface area contributed by atoms with Gasteiger partial charge in [-0.2, -0.15) is 20.2 Å². The van der Waals surface area contributed by atoms with Crippen LogP contribution in [-0.4, -0.2) is 133 Å². The van der Waals surface area contributed by atoms with E-state index >= 15 is 0 Å². The van der Waals surface area contributed by atoms with Gasteiger partial charge in [-0.25, -0.2) is 69.1 Å². The van der Waals surface area contributed by atoms with E-state index < -0.39 is 46.2 Å². The van der Waals surface area contributed by atoms with Gasteiger partial charge in [0.1, 0.15) is 53.6 Å². The number of hydrogen-bond donors (Lipinski definition) is 4. The number of nitrogens with zero attached hydrogens (tertiary/aromatic N) is 15. The molecule has 3 saturated carbocycles. The number of nitrogens with one attached hydrogen (secondary N) is 3. The maximum atomic E-state index is 13.5. The molecule has 2 unspecified atom stereocenters. The zero-order valence-electron chi connectivity index (χ0n) is 55.2. The molecule has 11 rings (SSSR count). The highest BCUT2D eigenvalue weighted by molar-refractivity contribution is 7.30. The third kappa shape index (κ3) is 21.3. The van der Waals surface area contributed by atoms with E-state index in [2.05, 4.69) is 89.9 Å². The van der Waals surface area contributed by atoms with Crippen molar-refractivity contribution in [2.45, 2.75) is 161 Å². The second-order valence-electron chi connectivity index (χ2n) is 25.0. The topological polar surface area (TPSA) is 394 Å². The Morgan fingerprint density at radius 2 is 1.10 bits per heavy atom. The first-order valence-corrected chi connectivity index (χ1v) is 33.5. The monoisotopic (exact) mass is 1380 g/mol. The van der Waals surface area contributed by atoms with Crippen LogP contribution in [0.4, 0.5) is 15.4 Å². The second-order valence-corrected chi connectivity index (χ2v) is 26.2. The van der Waals surface area contributed by atoms with Crippen molar-refractivity contribution in [3.63, 3.8) is 0 Å². The number of carbonyl (C=O) groups excluding carboxylic acids is 2. The molecule has 2 amide bonds. The number of aromatic nitrogens is 14. The first kappa shape index (κ1) is 75.4. The summed E-state index contributed by atoms with van der Waals surface area (Å²) >= 11 is 0. The molecule has 0 aliphatic heterocycles. The van der Waals surface area contributed by atoms with Gasteiger partial charge in [0.2, 0.25) is 19.3 Å². The quantitative estimate of drug-likeness (QED) is 0.0146. The summed E-state index contributed by atoms with van der Waals surface area (Å²) in [6.07, 6.45) is 31.4. The molecule has 0 saturated heterocycles. The Bertz CT molecular complexity index is 3810. The predicted molar refractivity (Wildman–Crippen MR) is 350 cm³/mol. The molecule has 5 atom stereocenters. The largest absolute Gasteiger partial charge is 0.674 e. The van der Waals surface area contributed by atoms with E-state index in [0.717, 1.165) is 75.2 Å². The summed E-state index contributed by atoms with van der Waals surface area (Å²) in [6, 6.07) is 4.32. The number of hydrogen-bond acceptors (Lipinski definition) is 22. The van der Waals surface area contributed by atoms with Crippen LogP contribution in [-0.2, 0) is 43.8 Å². The normalized spacial score (nSPS) is 15.4. The molecule has 8 aromatic heterocycles. The number of anilines is 1. The molecule has 34 heteroatoms. The lowest BCUT2D eigenvalue weighted by atomic mass is 9.98. The highest BCUT2D eigenvalue weighted by Gasteiger charge is 2.39. The van der Waals surface area contributed by atoms with Crippen LogP contribution in [0.3, 0.4) is 0 Å². The molecule has 3 fully saturated rings. The SMILES string of the molecule is O=[P+]([O-])OO.O=[P+]([O-])O[O-].[C-]#[N+]C[C@H](C1CCCC1)[n+]1cc(-c2ncnc3[nH]ccc23)c[nH]1.[C-]#[N+]C[C@H](C1CCCC1)n1cc(-c2ncnc(N(C(=O)OC(C)(C)C)C(=O)OC(C)(C)C)c2CC(OC)OC)cn1.[C-]#[N+]C[C@H](C1CCCC1)n1cc(-c2ncnc3[nH]ccc23)cn1.[HH].[HH]. The molecule has 520 valence electrons. The van der Waals surface area contributed by atoms with Gasteiger partial charge in [-0.1, -0.05) is 38.5 Å². The Morgan fingerprint density at radius 3 is 1.53 bits per heavy atom. The molecule has 3 aliphatic carbocycles. The van der Waals surface area contributed by atoms with Gasteiger partial charge in [0.25, 0.3) is 12.6 Å². The van der Waals surface area contributed by atoms with Gasteiger partial charge in [0.05, 0.1) is 41.2 Å². The van der Waals surface area contributed by atoms with Gasteiger partial charge in [-0.05, 0) is 113 Å². The zero-order valence-corrected chi connectivity index (χ0v) is 57.0. The highest BCUT2D eigenvalue weighted by Crippen LogP contribution is 2.39. The van der Waals surface area contributed by atoms with Gasteiger partial charge in [0.15, 0.2) is 12.1 Å². The summed E-state index contributed by atoms with van der Waals surface area (Å²) in [5.41, 5.74) is 5.17. The van der Waals surface area contributed by atoms with Crippen molar-refractivity contribution in [2.24, 2.45) is 17.8 Å². The number of carbonyl (C=O) groups is 2. The average Bonchev–Trinajstić information content (AvgIpc) is 1.50. The van der Waals surface area contributed by atoms with Crippen LogP contribution in [0, 0.1) is 37.5 Å². The average molecular weight is 1380 g/mol. The Labute approximate surface area is 565 Å². The van der Waals surface area contributed by atoms with E-state index in [1.165, 1.54) is 71.9 Å². The van der Waals surface area contributed by atoms with Crippen molar-refractivity contribution in [1.29, 1.82) is 0 Å². The van der Waals surface area contributed by atoms with E-state index in [0.29, 0.717) is 54.2 Å². The van der Waals surface area contributed by atoms with E-state index in [1.54, 1.807) is 60.4 Å². The fraction of sp³-hybridized carbons (Fsp3) is 0.524. The number of fused-ring (bicyclic) bond motifs is 2. The van der Waals surface area contributed by atoms with Crippen molar-refractivity contribution in [3.05, 3.63) is 121 Å². The first-order valence-electron chi connectivity index (χ1n) is 31.4. The van der Waals surface area contributed by atoms with Gasteiger partial charge in [-0.3, -0.25) is 9.36 Å². The minimum atomic E-state index is -3.15. The van der Waals surface area contributed by atoms with E-state index in [9.17, 15) is 9.59 Å². The molecular weight excluding hydrogens is 1290 g/mol. The lowest BCUT2D eigenvalue weighted by Gasteiger charge is -2.29. The molecule has 0 radical (unpaired) electrons. The summed E-state index contributed by atoms with van der Waals surface area (Å²) in [4.78, 5) is 88.9.